The summed E-state index contributed by atoms with van der Waals surface area (Å²) in [5.41, 5.74) is 8.79. The van der Waals surface area contributed by atoms with E-state index in [1.54, 1.807) is 20.4 Å². The first-order chi connectivity index (χ1) is 22.6. The van der Waals surface area contributed by atoms with Gasteiger partial charge in [-0.05, 0) is 37.0 Å². The van der Waals surface area contributed by atoms with Crippen molar-refractivity contribution in [3.63, 3.8) is 0 Å². The van der Waals surface area contributed by atoms with E-state index in [0.717, 1.165) is 63.9 Å². The summed E-state index contributed by atoms with van der Waals surface area (Å²) >= 11 is 14.2. The first-order valence-corrected chi connectivity index (χ1v) is 15.6. The van der Waals surface area contributed by atoms with Crippen LogP contribution in [0.2, 0.25) is 10.0 Å². The Labute approximate surface area is 277 Å². The van der Waals surface area contributed by atoms with Gasteiger partial charge in [-0.3, -0.25) is 10.2 Å². The van der Waals surface area contributed by atoms with Crippen molar-refractivity contribution in [2.45, 2.75) is 32.4 Å². The molecule has 0 aliphatic rings. The first kappa shape index (κ1) is 31.3. The van der Waals surface area contributed by atoms with E-state index in [9.17, 15) is 0 Å². The van der Waals surface area contributed by atoms with E-state index in [1.807, 2.05) is 73.2 Å². The molecule has 0 atom stereocenters. The molecule has 0 aliphatic carbocycles. The molecule has 6 aromatic rings. The van der Waals surface area contributed by atoms with Gasteiger partial charge < -0.3 is 14.8 Å². The number of pyridine rings is 2. The van der Waals surface area contributed by atoms with E-state index in [1.165, 1.54) is 5.56 Å². The van der Waals surface area contributed by atoms with E-state index in [-0.39, 0.29) is 0 Å². The molecule has 0 saturated heterocycles. The molecule has 6 rings (SSSR count). The summed E-state index contributed by atoms with van der Waals surface area (Å²) in [5.74, 6) is 1.12. The molecular weight excluding hydrogens is 621 g/mol. The van der Waals surface area contributed by atoms with Crippen molar-refractivity contribution in [1.29, 1.82) is 0 Å². The molecule has 4 aromatic heterocycles. The lowest BCUT2D eigenvalue weighted by atomic mass is 9.98. The van der Waals surface area contributed by atoms with Gasteiger partial charge in [-0.1, -0.05) is 71.7 Å². The van der Waals surface area contributed by atoms with Gasteiger partial charge >= 0.3 is 0 Å². The number of methoxy groups -OCH3 is 2. The van der Waals surface area contributed by atoms with E-state index in [4.69, 9.17) is 42.6 Å². The fourth-order valence-electron chi connectivity index (χ4n) is 5.41. The topological polar surface area (TPSA) is 114 Å². The average molecular weight is 655 g/mol. The molecule has 0 aliphatic heterocycles. The fraction of sp³-hybridized carbons (Fsp3) is 0.200. The van der Waals surface area contributed by atoms with Gasteiger partial charge in [0.25, 0.3) is 0 Å². The van der Waals surface area contributed by atoms with Crippen molar-refractivity contribution in [2.75, 3.05) is 14.2 Å². The van der Waals surface area contributed by atoms with Crippen LogP contribution in [-0.2, 0) is 25.9 Å². The van der Waals surface area contributed by atoms with Gasteiger partial charge in [-0.2, -0.15) is 10.2 Å². The van der Waals surface area contributed by atoms with Crippen LogP contribution in [0.1, 0.15) is 28.7 Å². The van der Waals surface area contributed by atoms with Crippen LogP contribution in [0, 0.1) is 0 Å². The molecule has 0 radical (unpaired) electrons. The second-order valence-corrected chi connectivity index (χ2v) is 11.5. The standard InChI is InChI=1S/C35H33Cl2N7O2/c1-45-34-24(7-3-6-22-17-39-40-18-22)12-14-30(43-34)28-10-4-8-26(32(28)36)27-9-5-11-29(33(27)37)31-15-13-25(35(44-31)46-2)21-38-16-23-19-41-42-20-23/h4-5,8-15,17-20,38H,3,6-7,16,21H2,1-2H3,(H,39,40)(H,41,42). The second kappa shape index (κ2) is 14.6. The summed E-state index contributed by atoms with van der Waals surface area (Å²) in [6.07, 6.45) is 10.1. The van der Waals surface area contributed by atoms with Crippen molar-refractivity contribution in [1.82, 2.24) is 35.7 Å². The number of H-pyrrole nitrogens is 2. The Balaban J connectivity index is 1.24. The smallest absolute Gasteiger partial charge is 0.218 e. The van der Waals surface area contributed by atoms with Gasteiger partial charge in [0.2, 0.25) is 11.8 Å². The zero-order chi connectivity index (χ0) is 31.9. The minimum absolute atomic E-state index is 0.531. The summed E-state index contributed by atoms with van der Waals surface area (Å²) in [4.78, 5) is 9.63. The first-order valence-electron chi connectivity index (χ1n) is 14.9. The van der Waals surface area contributed by atoms with Crippen LogP contribution in [-0.4, -0.2) is 44.6 Å². The predicted octanol–water partition coefficient (Wildman–Crippen LogP) is 7.71. The number of ether oxygens (including phenoxy) is 2. The van der Waals surface area contributed by atoms with E-state index in [2.05, 4.69) is 31.8 Å². The fourth-order valence-corrected chi connectivity index (χ4v) is 6.05. The second-order valence-electron chi connectivity index (χ2n) is 10.7. The number of hydrogen-bond donors (Lipinski definition) is 3. The molecule has 3 N–H and O–H groups in total. The Morgan fingerprint density at radius 1 is 0.630 bits per heavy atom. The van der Waals surface area contributed by atoms with Crippen LogP contribution in [0.25, 0.3) is 33.6 Å². The van der Waals surface area contributed by atoms with Crippen LogP contribution in [0.4, 0.5) is 0 Å². The minimum atomic E-state index is 0.531. The maximum atomic E-state index is 7.08. The van der Waals surface area contributed by atoms with Gasteiger partial charge in [0.15, 0.2) is 0 Å². The maximum Gasteiger partial charge on any atom is 0.218 e. The number of rotatable bonds is 13. The average Bonchev–Trinajstić information content (AvgIpc) is 3.81. The molecule has 11 heteroatoms. The number of benzene rings is 2. The Morgan fingerprint density at radius 2 is 1.17 bits per heavy atom. The molecule has 4 heterocycles. The molecular formula is C35H33Cl2N7O2. The van der Waals surface area contributed by atoms with Gasteiger partial charge in [0, 0.05) is 64.4 Å². The van der Waals surface area contributed by atoms with E-state index < -0.39 is 0 Å². The largest absolute Gasteiger partial charge is 0.481 e. The monoisotopic (exact) mass is 653 g/mol. The number of aromatic amines is 2. The van der Waals surface area contributed by atoms with Crippen LogP contribution in [0.5, 0.6) is 11.8 Å². The van der Waals surface area contributed by atoms with Gasteiger partial charge in [-0.25, -0.2) is 9.97 Å². The van der Waals surface area contributed by atoms with Crippen LogP contribution in [0.3, 0.4) is 0 Å². The quantitative estimate of drug-likeness (QED) is 0.117. The molecule has 0 fully saturated rings. The third kappa shape index (κ3) is 6.92. The molecule has 0 unspecified atom stereocenters. The van der Waals surface area contributed by atoms with Crippen LogP contribution < -0.4 is 14.8 Å². The Bertz CT molecular complexity index is 1770. The van der Waals surface area contributed by atoms with Crippen molar-refractivity contribution in [2.24, 2.45) is 0 Å². The number of aromatic nitrogens is 6. The lowest BCUT2D eigenvalue weighted by Crippen LogP contribution is -2.13. The SMILES string of the molecule is COc1nc(-c2cccc(-c3cccc(-c4ccc(CNCc5cn[nH]c5)c(OC)n4)c3Cl)c2Cl)ccc1CCCc1cn[nH]c1. The van der Waals surface area contributed by atoms with Gasteiger partial charge in [-0.15, -0.1) is 0 Å². The van der Waals surface area contributed by atoms with Crippen molar-refractivity contribution in [3.8, 4) is 45.4 Å². The lowest BCUT2D eigenvalue weighted by molar-refractivity contribution is 0.391. The van der Waals surface area contributed by atoms with Crippen LogP contribution in [0.15, 0.2) is 85.5 Å². The Hall–Kier alpha value is -4.70. The summed E-state index contributed by atoms with van der Waals surface area (Å²) in [6.45, 7) is 1.26. The normalized spacial score (nSPS) is 11.1. The highest BCUT2D eigenvalue weighted by Gasteiger charge is 2.18. The lowest BCUT2D eigenvalue weighted by Gasteiger charge is -2.15. The highest BCUT2D eigenvalue weighted by Crippen LogP contribution is 2.42. The van der Waals surface area contributed by atoms with Crippen molar-refractivity contribution in [3.05, 3.63) is 118 Å². The highest BCUT2D eigenvalue weighted by atomic mass is 35.5. The Kier molecular flexibility index (Phi) is 9.93. The van der Waals surface area contributed by atoms with E-state index in [0.29, 0.717) is 40.6 Å². The van der Waals surface area contributed by atoms with Crippen LogP contribution >= 0.6 is 23.2 Å². The van der Waals surface area contributed by atoms with Crippen molar-refractivity contribution >= 4 is 23.2 Å². The summed E-state index contributed by atoms with van der Waals surface area (Å²) < 4.78 is 11.3. The molecule has 0 saturated carbocycles. The number of halogens is 2. The van der Waals surface area contributed by atoms with Crippen molar-refractivity contribution < 1.29 is 9.47 Å². The minimum Gasteiger partial charge on any atom is -0.481 e. The summed E-state index contributed by atoms with van der Waals surface area (Å²) in [7, 11) is 3.26. The molecule has 2 aromatic carbocycles. The highest BCUT2D eigenvalue weighted by molar-refractivity contribution is 6.39. The zero-order valence-corrected chi connectivity index (χ0v) is 27.0. The molecule has 46 heavy (non-hydrogen) atoms. The van der Waals surface area contributed by atoms with Gasteiger partial charge in [0.1, 0.15) is 0 Å². The summed E-state index contributed by atoms with van der Waals surface area (Å²) in [6, 6.07) is 19.7. The summed E-state index contributed by atoms with van der Waals surface area (Å²) in [5, 5.41) is 18.2. The van der Waals surface area contributed by atoms with E-state index >= 15 is 0 Å². The zero-order valence-electron chi connectivity index (χ0n) is 25.5. The molecule has 0 spiro atoms. The third-order valence-electron chi connectivity index (χ3n) is 7.77. The maximum absolute atomic E-state index is 7.08. The van der Waals surface area contributed by atoms with Gasteiger partial charge in [0.05, 0.1) is 48.0 Å². The number of hydrogen-bond acceptors (Lipinski definition) is 7. The predicted molar refractivity (Wildman–Crippen MR) is 181 cm³/mol. The number of aryl methyl sites for hydroxylation is 2. The molecule has 234 valence electrons. The molecule has 0 bridgehead atoms. The Morgan fingerprint density at radius 3 is 1.74 bits per heavy atom. The number of nitrogens with zero attached hydrogens (tertiary/aromatic N) is 4. The molecule has 9 nitrogen and oxygen atoms in total. The number of nitrogens with one attached hydrogen (secondary N) is 3. The third-order valence-corrected chi connectivity index (χ3v) is 8.58. The molecule has 0 amide bonds.